The molecule has 0 radical (unpaired) electrons. The van der Waals surface area contributed by atoms with E-state index in [2.05, 4.69) is 17.1 Å². The molecule has 5 heteroatoms. The maximum atomic E-state index is 5.38. The molecule has 1 saturated heterocycles. The molecular formula is C8H13N3O2. The van der Waals surface area contributed by atoms with Crippen LogP contribution in [0, 0.1) is 0 Å². The zero-order valence-corrected chi connectivity index (χ0v) is 7.62. The lowest BCUT2D eigenvalue weighted by atomic mass is 9.89. The van der Waals surface area contributed by atoms with Crippen LogP contribution in [0.4, 0.5) is 0 Å². The van der Waals surface area contributed by atoms with E-state index in [4.69, 9.17) is 15.0 Å². The van der Waals surface area contributed by atoms with E-state index < -0.39 is 0 Å². The van der Waals surface area contributed by atoms with Crippen LogP contribution in [-0.2, 0) is 16.6 Å². The largest absolute Gasteiger partial charge is 0.379 e. The van der Waals surface area contributed by atoms with E-state index in [1.54, 1.807) is 0 Å². The lowest BCUT2D eigenvalue weighted by molar-refractivity contribution is -0.0644. The predicted molar refractivity (Wildman–Crippen MR) is 45.2 cm³/mol. The molecule has 0 amide bonds. The Morgan fingerprint density at radius 3 is 2.85 bits per heavy atom. The van der Waals surface area contributed by atoms with Gasteiger partial charge in [0.1, 0.15) is 0 Å². The molecule has 0 spiro atoms. The smallest absolute Gasteiger partial charge is 0.237 e. The van der Waals surface area contributed by atoms with Crippen molar-refractivity contribution in [2.75, 3.05) is 19.8 Å². The van der Waals surface area contributed by atoms with Crippen LogP contribution in [0.15, 0.2) is 4.52 Å². The number of hydrogen-bond donors (Lipinski definition) is 1. The first-order valence-corrected chi connectivity index (χ1v) is 4.35. The summed E-state index contributed by atoms with van der Waals surface area (Å²) in [4.78, 5) is 4.26. The van der Waals surface area contributed by atoms with Crippen molar-refractivity contribution < 1.29 is 9.26 Å². The lowest BCUT2D eigenvalue weighted by Gasteiger charge is -2.33. The molecule has 72 valence electrons. The molecular weight excluding hydrogens is 170 g/mol. The third-order valence-electron chi connectivity index (χ3n) is 2.19. The van der Waals surface area contributed by atoms with Crippen molar-refractivity contribution in [1.29, 1.82) is 0 Å². The Morgan fingerprint density at radius 1 is 1.54 bits per heavy atom. The number of aromatic nitrogens is 2. The normalized spacial score (nSPS) is 19.8. The number of hydrogen-bond acceptors (Lipinski definition) is 5. The standard InChI is InChI=1S/C8H13N3O2/c1-8(4-12-5-8)7-10-6(2-3-9)11-13-7/h2-5,9H2,1H3. The fourth-order valence-corrected chi connectivity index (χ4v) is 1.26. The minimum atomic E-state index is -0.0696. The van der Waals surface area contributed by atoms with E-state index in [-0.39, 0.29) is 5.41 Å². The van der Waals surface area contributed by atoms with Gasteiger partial charge in [0, 0.05) is 6.42 Å². The SMILES string of the molecule is CC1(c2nc(CCN)no2)COC1. The van der Waals surface area contributed by atoms with Crippen molar-refractivity contribution in [2.45, 2.75) is 18.8 Å². The summed E-state index contributed by atoms with van der Waals surface area (Å²) in [7, 11) is 0. The molecule has 0 atom stereocenters. The zero-order valence-electron chi connectivity index (χ0n) is 7.62. The average molecular weight is 183 g/mol. The molecule has 2 heterocycles. The Bertz CT molecular complexity index is 293. The van der Waals surface area contributed by atoms with Crippen molar-refractivity contribution in [3.63, 3.8) is 0 Å². The molecule has 1 aliphatic rings. The van der Waals surface area contributed by atoms with Gasteiger partial charge in [0.15, 0.2) is 5.82 Å². The van der Waals surface area contributed by atoms with E-state index in [1.807, 2.05) is 0 Å². The Morgan fingerprint density at radius 2 is 2.31 bits per heavy atom. The minimum absolute atomic E-state index is 0.0696. The van der Waals surface area contributed by atoms with Crippen LogP contribution >= 0.6 is 0 Å². The molecule has 2 N–H and O–H groups in total. The summed E-state index contributed by atoms with van der Waals surface area (Å²) >= 11 is 0. The molecule has 5 nitrogen and oxygen atoms in total. The van der Waals surface area contributed by atoms with E-state index >= 15 is 0 Å². The molecule has 13 heavy (non-hydrogen) atoms. The molecule has 1 aromatic heterocycles. The molecule has 1 fully saturated rings. The highest BCUT2D eigenvalue weighted by Gasteiger charge is 2.40. The van der Waals surface area contributed by atoms with Gasteiger partial charge in [0.2, 0.25) is 5.89 Å². The van der Waals surface area contributed by atoms with Crippen molar-refractivity contribution in [2.24, 2.45) is 5.73 Å². The summed E-state index contributed by atoms with van der Waals surface area (Å²) in [6.45, 7) is 3.93. The van der Waals surface area contributed by atoms with Gasteiger partial charge in [0.25, 0.3) is 0 Å². The van der Waals surface area contributed by atoms with Crippen LogP contribution in [0.25, 0.3) is 0 Å². The molecule has 0 unspecified atom stereocenters. The van der Waals surface area contributed by atoms with Crippen LogP contribution < -0.4 is 5.73 Å². The molecule has 0 aliphatic carbocycles. The average Bonchev–Trinajstić information content (AvgIpc) is 2.50. The summed E-state index contributed by atoms with van der Waals surface area (Å²) in [5, 5.41) is 3.83. The van der Waals surface area contributed by atoms with Crippen molar-refractivity contribution in [3.05, 3.63) is 11.7 Å². The van der Waals surface area contributed by atoms with E-state index in [9.17, 15) is 0 Å². The molecule has 0 saturated carbocycles. The summed E-state index contributed by atoms with van der Waals surface area (Å²) in [6.07, 6.45) is 0.667. The van der Waals surface area contributed by atoms with Gasteiger partial charge in [-0.15, -0.1) is 0 Å². The maximum absolute atomic E-state index is 5.38. The quantitative estimate of drug-likeness (QED) is 0.706. The Hall–Kier alpha value is -0.940. The number of nitrogens with two attached hydrogens (primary N) is 1. The fraction of sp³-hybridized carbons (Fsp3) is 0.750. The number of rotatable bonds is 3. The first-order chi connectivity index (χ1) is 6.24. The second kappa shape index (κ2) is 3.08. The summed E-state index contributed by atoms with van der Waals surface area (Å²) in [5.74, 6) is 1.35. The number of nitrogens with zero attached hydrogens (tertiary/aromatic N) is 2. The Labute approximate surface area is 76.3 Å². The number of ether oxygens (including phenoxy) is 1. The van der Waals surface area contributed by atoms with Gasteiger partial charge in [-0.1, -0.05) is 5.16 Å². The highest BCUT2D eigenvalue weighted by Crippen LogP contribution is 2.30. The second-order valence-corrected chi connectivity index (χ2v) is 3.61. The lowest BCUT2D eigenvalue weighted by Crippen LogP contribution is -2.44. The molecule has 0 bridgehead atoms. The zero-order chi connectivity index (χ0) is 9.31. The second-order valence-electron chi connectivity index (χ2n) is 3.61. The van der Waals surface area contributed by atoms with Gasteiger partial charge < -0.3 is 15.0 Å². The Balaban J connectivity index is 2.12. The molecule has 0 aromatic carbocycles. The van der Waals surface area contributed by atoms with Gasteiger partial charge in [-0.25, -0.2) is 0 Å². The maximum Gasteiger partial charge on any atom is 0.237 e. The highest BCUT2D eigenvalue weighted by molar-refractivity contribution is 5.07. The third-order valence-corrected chi connectivity index (χ3v) is 2.19. The molecule has 1 aromatic rings. The minimum Gasteiger partial charge on any atom is -0.379 e. The molecule has 2 rings (SSSR count). The van der Waals surface area contributed by atoms with E-state index in [0.717, 1.165) is 0 Å². The van der Waals surface area contributed by atoms with Crippen LogP contribution in [0.5, 0.6) is 0 Å². The van der Waals surface area contributed by atoms with Crippen LogP contribution in [-0.4, -0.2) is 29.9 Å². The van der Waals surface area contributed by atoms with Crippen molar-refractivity contribution in [1.82, 2.24) is 10.1 Å². The first kappa shape index (κ1) is 8.65. The third kappa shape index (κ3) is 1.45. The Kier molecular flexibility index (Phi) is 2.05. The molecule has 1 aliphatic heterocycles. The monoisotopic (exact) mass is 183 g/mol. The van der Waals surface area contributed by atoms with Gasteiger partial charge in [-0.05, 0) is 13.5 Å². The van der Waals surface area contributed by atoms with Crippen LogP contribution in [0.3, 0.4) is 0 Å². The van der Waals surface area contributed by atoms with Gasteiger partial charge in [-0.3, -0.25) is 0 Å². The van der Waals surface area contributed by atoms with E-state index in [0.29, 0.717) is 37.9 Å². The first-order valence-electron chi connectivity index (χ1n) is 4.35. The van der Waals surface area contributed by atoms with Crippen LogP contribution in [0.1, 0.15) is 18.6 Å². The highest BCUT2D eigenvalue weighted by atomic mass is 16.5. The van der Waals surface area contributed by atoms with Gasteiger partial charge in [0.05, 0.1) is 18.6 Å². The predicted octanol–water partition coefficient (Wildman–Crippen LogP) is -0.141. The summed E-state index contributed by atoms with van der Waals surface area (Å²) < 4.78 is 10.2. The van der Waals surface area contributed by atoms with E-state index in [1.165, 1.54) is 0 Å². The van der Waals surface area contributed by atoms with Crippen molar-refractivity contribution in [3.8, 4) is 0 Å². The topological polar surface area (TPSA) is 74.2 Å². The van der Waals surface area contributed by atoms with Crippen molar-refractivity contribution >= 4 is 0 Å². The fourth-order valence-electron chi connectivity index (χ4n) is 1.26. The summed E-state index contributed by atoms with van der Waals surface area (Å²) in [5.41, 5.74) is 5.31. The van der Waals surface area contributed by atoms with Gasteiger partial charge >= 0.3 is 0 Å². The summed E-state index contributed by atoms with van der Waals surface area (Å²) in [6, 6.07) is 0. The van der Waals surface area contributed by atoms with Gasteiger partial charge in [-0.2, -0.15) is 4.98 Å². The van der Waals surface area contributed by atoms with Crippen LogP contribution in [0.2, 0.25) is 0 Å².